The van der Waals surface area contributed by atoms with E-state index in [4.69, 9.17) is 5.73 Å². The van der Waals surface area contributed by atoms with E-state index < -0.39 is 6.04 Å². The molecule has 1 aromatic heterocycles. The number of nitrogens with zero attached hydrogens (tertiary/aromatic N) is 2. The van der Waals surface area contributed by atoms with Gasteiger partial charge in [-0.15, -0.1) is 0 Å². The highest BCUT2D eigenvalue weighted by atomic mass is 16.1. The summed E-state index contributed by atoms with van der Waals surface area (Å²) in [7, 11) is 0. The van der Waals surface area contributed by atoms with Crippen LogP contribution < -0.4 is 5.73 Å². The predicted molar refractivity (Wildman–Crippen MR) is 167 cm³/mol. The van der Waals surface area contributed by atoms with Crippen molar-refractivity contribution in [3.8, 4) is 11.3 Å². The van der Waals surface area contributed by atoms with Gasteiger partial charge in [0.2, 0.25) is 0 Å². The van der Waals surface area contributed by atoms with Crippen LogP contribution in [-0.2, 0) is 30.7 Å². The van der Waals surface area contributed by atoms with Crippen molar-refractivity contribution >= 4 is 5.78 Å². The highest BCUT2D eigenvalue weighted by molar-refractivity contribution is 5.95. The molecule has 0 saturated carbocycles. The molecule has 1 heterocycles. The standard InChI is InChI=1S/C37H35N3O/c38-34(24-29-12-4-1-5-13-29)26-37(41)36(25-30-19-21-33(22-20-30)35-18-10-11-23-39-35)40(27-31-14-6-2-7-15-31)28-32-16-8-3-9-17-32/h1-23,26,36H,24-25,27-28,38H2/t36-/m0/s1. The van der Waals surface area contributed by atoms with E-state index in [2.05, 4.69) is 58.4 Å². The van der Waals surface area contributed by atoms with Crippen LogP contribution in [0.25, 0.3) is 11.3 Å². The smallest absolute Gasteiger partial charge is 0.174 e. The van der Waals surface area contributed by atoms with Crippen LogP contribution >= 0.6 is 0 Å². The number of rotatable bonds is 12. The number of hydrogen-bond acceptors (Lipinski definition) is 4. The molecular formula is C37H35N3O. The van der Waals surface area contributed by atoms with Crippen LogP contribution in [-0.4, -0.2) is 21.7 Å². The molecule has 0 unspecified atom stereocenters. The zero-order chi connectivity index (χ0) is 28.3. The van der Waals surface area contributed by atoms with E-state index in [1.807, 2.05) is 84.9 Å². The minimum Gasteiger partial charge on any atom is -0.402 e. The molecule has 204 valence electrons. The van der Waals surface area contributed by atoms with Crippen molar-refractivity contribution in [1.82, 2.24) is 9.88 Å². The molecule has 0 amide bonds. The Kier molecular flexibility index (Phi) is 9.49. The fourth-order valence-electron chi connectivity index (χ4n) is 5.05. The quantitative estimate of drug-likeness (QED) is 0.174. The van der Waals surface area contributed by atoms with Crippen LogP contribution in [0.4, 0.5) is 0 Å². The van der Waals surface area contributed by atoms with Gasteiger partial charge in [0.25, 0.3) is 0 Å². The molecule has 5 aromatic rings. The van der Waals surface area contributed by atoms with Crippen molar-refractivity contribution in [1.29, 1.82) is 0 Å². The Morgan fingerprint density at radius 2 is 1.20 bits per heavy atom. The van der Waals surface area contributed by atoms with Gasteiger partial charge >= 0.3 is 0 Å². The summed E-state index contributed by atoms with van der Waals surface area (Å²) in [6.45, 7) is 1.29. The van der Waals surface area contributed by atoms with E-state index in [1.165, 1.54) is 0 Å². The Morgan fingerprint density at radius 1 is 0.659 bits per heavy atom. The van der Waals surface area contributed by atoms with Crippen LogP contribution in [0, 0.1) is 0 Å². The molecule has 0 bridgehead atoms. The number of nitrogens with two attached hydrogens (primary N) is 1. The average Bonchev–Trinajstić information content (AvgIpc) is 3.02. The predicted octanol–water partition coefficient (Wildman–Crippen LogP) is 7.02. The third-order valence-electron chi connectivity index (χ3n) is 7.15. The van der Waals surface area contributed by atoms with Crippen LogP contribution in [0.1, 0.15) is 22.3 Å². The summed E-state index contributed by atoms with van der Waals surface area (Å²) in [5.74, 6) is 0.0131. The summed E-state index contributed by atoms with van der Waals surface area (Å²) in [6.07, 6.45) is 4.55. The van der Waals surface area contributed by atoms with Gasteiger partial charge in [-0.25, -0.2) is 0 Å². The highest BCUT2D eigenvalue weighted by Crippen LogP contribution is 2.22. The van der Waals surface area contributed by atoms with Crippen molar-refractivity contribution < 1.29 is 4.79 Å². The van der Waals surface area contributed by atoms with Gasteiger partial charge in [0.1, 0.15) is 0 Å². The van der Waals surface area contributed by atoms with Gasteiger partial charge in [-0.1, -0.05) is 121 Å². The molecule has 0 spiro atoms. The molecule has 1 atom stereocenters. The number of ketones is 1. The first-order valence-electron chi connectivity index (χ1n) is 14.0. The van der Waals surface area contributed by atoms with Crippen molar-refractivity contribution in [3.05, 3.63) is 174 Å². The van der Waals surface area contributed by atoms with Gasteiger partial charge in [-0.3, -0.25) is 14.7 Å². The molecule has 4 nitrogen and oxygen atoms in total. The third-order valence-corrected chi connectivity index (χ3v) is 7.15. The fraction of sp³-hybridized carbons (Fsp3) is 0.135. The lowest BCUT2D eigenvalue weighted by atomic mass is 9.96. The van der Waals surface area contributed by atoms with E-state index in [0.29, 0.717) is 31.6 Å². The van der Waals surface area contributed by atoms with Gasteiger partial charge in [-0.2, -0.15) is 0 Å². The first-order chi connectivity index (χ1) is 20.1. The third kappa shape index (κ3) is 8.10. The summed E-state index contributed by atoms with van der Waals surface area (Å²) < 4.78 is 0. The van der Waals surface area contributed by atoms with Crippen LogP contribution in [0.3, 0.4) is 0 Å². The van der Waals surface area contributed by atoms with Gasteiger partial charge < -0.3 is 5.73 Å². The van der Waals surface area contributed by atoms with Crippen LogP contribution in [0.5, 0.6) is 0 Å². The molecule has 0 radical (unpaired) electrons. The Labute approximate surface area is 242 Å². The number of hydrogen-bond donors (Lipinski definition) is 1. The average molecular weight is 538 g/mol. The maximum absolute atomic E-state index is 14.1. The minimum absolute atomic E-state index is 0.0131. The van der Waals surface area contributed by atoms with E-state index >= 15 is 0 Å². The minimum atomic E-state index is -0.398. The summed E-state index contributed by atoms with van der Waals surface area (Å²) >= 11 is 0. The molecule has 5 rings (SSSR count). The molecule has 4 aromatic carbocycles. The lowest BCUT2D eigenvalue weighted by molar-refractivity contribution is -0.120. The number of benzene rings is 4. The number of carbonyl (C=O) groups is 1. The van der Waals surface area contributed by atoms with E-state index in [0.717, 1.165) is 33.5 Å². The van der Waals surface area contributed by atoms with Gasteiger partial charge in [0.05, 0.1) is 11.7 Å². The first kappa shape index (κ1) is 27.8. The van der Waals surface area contributed by atoms with Crippen molar-refractivity contribution in [2.24, 2.45) is 5.73 Å². The normalized spacial score (nSPS) is 12.3. The Bertz CT molecular complexity index is 1490. The van der Waals surface area contributed by atoms with Crippen LogP contribution in [0.15, 0.2) is 151 Å². The molecule has 4 heteroatoms. The Hall–Kier alpha value is -4.80. The monoisotopic (exact) mass is 537 g/mol. The maximum atomic E-state index is 14.1. The van der Waals surface area contributed by atoms with E-state index in [9.17, 15) is 4.79 Å². The second-order valence-electron chi connectivity index (χ2n) is 10.3. The molecule has 0 fully saturated rings. The summed E-state index contributed by atoms with van der Waals surface area (Å²) in [5, 5.41) is 0. The van der Waals surface area contributed by atoms with Crippen LogP contribution in [0.2, 0.25) is 0 Å². The molecule has 0 saturated heterocycles. The number of pyridine rings is 1. The summed E-state index contributed by atoms with van der Waals surface area (Å²) in [5.41, 5.74) is 13.5. The largest absolute Gasteiger partial charge is 0.402 e. The Balaban J connectivity index is 1.46. The number of aromatic nitrogens is 1. The summed E-state index contributed by atoms with van der Waals surface area (Å²) in [4.78, 5) is 20.8. The Morgan fingerprint density at radius 3 is 1.73 bits per heavy atom. The van der Waals surface area contributed by atoms with Gasteiger partial charge in [0, 0.05) is 43.0 Å². The van der Waals surface area contributed by atoms with Crippen molar-refractivity contribution in [2.45, 2.75) is 32.0 Å². The second-order valence-corrected chi connectivity index (χ2v) is 10.3. The lowest BCUT2D eigenvalue weighted by Gasteiger charge is -2.31. The fourth-order valence-corrected chi connectivity index (χ4v) is 5.05. The zero-order valence-corrected chi connectivity index (χ0v) is 23.1. The second kappa shape index (κ2) is 14.0. The molecule has 0 aliphatic heterocycles. The first-order valence-corrected chi connectivity index (χ1v) is 14.0. The topological polar surface area (TPSA) is 59.2 Å². The highest BCUT2D eigenvalue weighted by Gasteiger charge is 2.26. The zero-order valence-electron chi connectivity index (χ0n) is 23.1. The lowest BCUT2D eigenvalue weighted by Crippen LogP contribution is -2.41. The van der Waals surface area contributed by atoms with E-state index in [1.54, 1.807) is 12.3 Å². The van der Waals surface area contributed by atoms with Gasteiger partial charge in [-0.05, 0) is 40.8 Å². The SMILES string of the molecule is NC(=CC(=O)[C@H](Cc1ccc(-c2ccccn2)cc1)N(Cc1ccccc1)Cc1ccccc1)Cc1ccccc1. The van der Waals surface area contributed by atoms with Crippen molar-refractivity contribution in [2.75, 3.05) is 0 Å². The number of allylic oxidation sites excluding steroid dienone is 1. The molecule has 0 aliphatic rings. The van der Waals surface area contributed by atoms with E-state index in [-0.39, 0.29) is 5.78 Å². The number of carbonyl (C=O) groups excluding carboxylic acids is 1. The molecular weight excluding hydrogens is 502 g/mol. The maximum Gasteiger partial charge on any atom is 0.174 e. The van der Waals surface area contributed by atoms with Gasteiger partial charge in [0.15, 0.2) is 5.78 Å². The summed E-state index contributed by atoms with van der Waals surface area (Å²) in [6, 6.07) is 44.5. The molecule has 2 N–H and O–H groups in total. The van der Waals surface area contributed by atoms with Crippen molar-refractivity contribution in [3.63, 3.8) is 0 Å². The molecule has 0 aliphatic carbocycles. The molecule has 41 heavy (non-hydrogen) atoms.